The summed E-state index contributed by atoms with van der Waals surface area (Å²) in [7, 11) is 0. The summed E-state index contributed by atoms with van der Waals surface area (Å²) in [5.41, 5.74) is 0.193. The van der Waals surface area contributed by atoms with Gasteiger partial charge in [0.1, 0.15) is 0 Å². The lowest BCUT2D eigenvalue weighted by atomic mass is 9.93. The maximum atomic E-state index is 5.74. The second-order valence-corrected chi connectivity index (χ2v) is 3.31. The molecule has 1 aliphatic carbocycles. The first-order chi connectivity index (χ1) is 4.91. The third kappa shape index (κ3) is 0.988. The highest BCUT2D eigenvalue weighted by atomic mass is 16.5. The fraction of sp³-hybridized carbons (Fsp3) is 0.778. The first kappa shape index (κ1) is 6.41. The van der Waals surface area contributed by atoms with Gasteiger partial charge in [-0.1, -0.05) is 12.2 Å². The van der Waals surface area contributed by atoms with Gasteiger partial charge in [-0.05, 0) is 32.1 Å². The molecule has 1 heteroatoms. The summed E-state index contributed by atoms with van der Waals surface area (Å²) >= 11 is 0. The van der Waals surface area contributed by atoms with Crippen molar-refractivity contribution in [3.05, 3.63) is 12.2 Å². The lowest BCUT2D eigenvalue weighted by molar-refractivity contribution is -0.0424. The van der Waals surface area contributed by atoms with Crippen molar-refractivity contribution in [1.29, 1.82) is 0 Å². The van der Waals surface area contributed by atoms with Crippen molar-refractivity contribution in [2.75, 3.05) is 6.61 Å². The molecule has 1 unspecified atom stereocenters. The molecule has 0 saturated carbocycles. The van der Waals surface area contributed by atoms with E-state index in [0.717, 1.165) is 6.61 Å². The Kier molecular flexibility index (Phi) is 1.53. The van der Waals surface area contributed by atoms with E-state index in [1.165, 1.54) is 32.1 Å². The van der Waals surface area contributed by atoms with Gasteiger partial charge < -0.3 is 4.74 Å². The molecule has 0 aromatic rings. The summed E-state index contributed by atoms with van der Waals surface area (Å²) in [5, 5.41) is 0. The van der Waals surface area contributed by atoms with Crippen molar-refractivity contribution in [2.45, 2.75) is 37.7 Å². The highest BCUT2D eigenvalue weighted by molar-refractivity contribution is 5.09. The van der Waals surface area contributed by atoms with E-state index in [0.29, 0.717) is 0 Å². The molecular formula is C9H14O. The molecule has 1 aliphatic heterocycles. The second kappa shape index (κ2) is 2.39. The van der Waals surface area contributed by atoms with Crippen LogP contribution in [0.2, 0.25) is 0 Å². The highest BCUT2D eigenvalue weighted by Gasteiger charge is 2.31. The van der Waals surface area contributed by atoms with Crippen molar-refractivity contribution in [2.24, 2.45) is 0 Å². The predicted molar refractivity (Wildman–Crippen MR) is 40.9 cm³/mol. The summed E-state index contributed by atoms with van der Waals surface area (Å²) in [6.45, 7) is 0.977. The molecule has 1 atom stereocenters. The van der Waals surface area contributed by atoms with E-state index >= 15 is 0 Å². The number of rotatable bonds is 0. The van der Waals surface area contributed by atoms with Gasteiger partial charge in [0, 0.05) is 6.61 Å². The van der Waals surface area contributed by atoms with Crippen molar-refractivity contribution in [3.8, 4) is 0 Å². The molecule has 1 heterocycles. The molecule has 1 nitrogen and oxygen atoms in total. The number of hydrogen-bond donors (Lipinski definition) is 0. The first-order valence-corrected chi connectivity index (χ1v) is 4.23. The molecular weight excluding hydrogens is 124 g/mol. The van der Waals surface area contributed by atoms with Crippen LogP contribution in [-0.4, -0.2) is 12.2 Å². The van der Waals surface area contributed by atoms with Crippen LogP contribution >= 0.6 is 0 Å². The van der Waals surface area contributed by atoms with Gasteiger partial charge >= 0.3 is 0 Å². The van der Waals surface area contributed by atoms with Crippen molar-refractivity contribution >= 4 is 0 Å². The molecule has 2 rings (SSSR count). The Morgan fingerprint density at radius 1 is 1.20 bits per heavy atom. The minimum atomic E-state index is 0.193. The molecule has 1 fully saturated rings. The zero-order valence-corrected chi connectivity index (χ0v) is 6.31. The molecule has 0 bridgehead atoms. The standard InChI is InChI=1S/C9H14O/c1-2-6-9(5-1)7-3-4-8-10-9/h1,5H,2-4,6-8H2. The molecule has 10 heavy (non-hydrogen) atoms. The third-order valence-corrected chi connectivity index (χ3v) is 2.54. The second-order valence-electron chi connectivity index (χ2n) is 3.31. The maximum absolute atomic E-state index is 5.74. The average molecular weight is 138 g/mol. The van der Waals surface area contributed by atoms with Gasteiger partial charge in [-0.2, -0.15) is 0 Å². The average Bonchev–Trinajstić information content (AvgIpc) is 2.39. The summed E-state index contributed by atoms with van der Waals surface area (Å²) in [5.74, 6) is 0. The summed E-state index contributed by atoms with van der Waals surface area (Å²) in [6.07, 6.45) is 10.8. The van der Waals surface area contributed by atoms with Crippen LogP contribution in [0.15, 0.2) is 12.2 Å². The fourth-order valence-corrected chi connectivity index (χ4v) is 1.91. The molecule has 0 aromatic heterocycles. The third-order valence-electron chi connectivity index (χ3n) is 2.54. The maximum Gasteiger partial charge on any atom is 0.0865 e. The van der Waals surface area contributed by atoms with Crippen molar-refractivity contribution in [3.63, 3.8) is 0 Å². The van der Waals surface area contributed by atoms with Gasteiger partial charge in [0.2, 0.25) is 0 Å². The number of ether oxygens (including phenoxy) is 1. The Balaban J connectivity index is 2.05. The Morgan fingerprint density at radius 2 is 2.20 bits per heavy atom. The molecule has 0 amide bonds. The van der Waals surface area contributed by atoms with E-state index in [4.69, 9.17) is 4.74 Å². The van der Waals surface area contributed by atoms with Gasteiger partial charge in [-0.3, -0.25) is 0 Å². The van der Waals surface area contributed by atoms with Crippen LogP contribution in [0.3, 0.4) is 0 Å². The largest absolute Gasteiger partial charge is 0.371 e. The normalized spacial score (nSPS) is 39.2. The Labute approximate surface area is 62.1 Å². The van der Waals surface area contributed by atoms with E-state index in [9.17, 15) is 0 Å². The fourth-order valence-electron chi connectivity index (χ4n) is 1.91. The molecule has 56 valence electrons. The van der Waals surface area contributed by atoms with Gasteiger partial charge in [0.25, 0.3) is 0 Å². The van der Waals surface area contributed by atoms with Crippen LogP contribution in [0.5, 0.6) is 0 Å². The lowest BCUT2D eigenvalue weighted by Gasteiger charge is -2.31. The quantitative estimate of drug-likeness (QED) is 0.466. The molecule has 2 aliphatic rings. The predicted octanol–water partition coefficient (Wildman–Crippen LogP) is 2.28. The van der Waals surface area contributed by atoms with Crippen molar-refractivity contribution < 1.29 is 4.74 Å². The number of hydrogen-bond acceptors (Lipinski definition) is 1. The van der Waals surface area contributed by atoms with E-state index in [-0.39, 0.29) is 5.60 Å². The van der Waals surface area contributed by atoms with Crippen LogP contribution < -0.4 is 0 Å². The van der Waals surface area contributed by atoms with Crippen LogP contribution in [0, 0.1) is 0 Å². The van der Waals surface area contributed by atoms with Gasteiger partial charge in [-0.25, -0.2) is 0 Å². The smallest absolute Gasteiger partial charge is 0.0865 e. The van der Waals surface area contributed by atoms with Gasteiger partial charge in [0.15, 0.2) is 0 Å². The Morgan fingerprint density at radius 3 is 2.80 bits per heavy atom. The Bertz CT molecular complexity index is 143. The molecule has 1 spiro atoms. The van der Waals surface area contributed by atoms with Crippen LogP contribution in [-0.2, 0) is 4.74 Å². The molecule has 0 N–H and O–H groups in total. The van der Waals surface area contributed by atoms with E-state index in [1.54, 1.807) is 0 Å². The summed E-state index contributed by atoms with van der Waals surface area (Å²) in [6, 6.07) is 0. The minimum absolute atomic E-state index is 0.193. The van der Waals surface area contributed by atoms with Crippen LogP contribution in [0.1, 0.15) is 32.1 Å². The highest BCUT2D eigenvalue weighted by Crippen LogP contribution is 2.34. The van der Waals surface area contributed by atoms with Crippen molar-refractivity contribution in [1.82, 2.24) is 0 Å². The zero-order valence-electron chi connectivity index (χ0n) is 6.31. The van der Waals surface area contributed by atoms with Crippen LogP contribution in [0.25, 0.3) is 0 Å². The first-order valence-electron chi connectivity index (χ1n) is 4.23. The lowest BCUT2D eigenvalue weighted by Crippen LogP contribution is -2.31. The summed E-state index contributed by atoms with van der Waals surface area (Å²) in [4.78, 5) is 0. The van der Waals surface area contributed by atoms with Gasteiger partial charge in [-0.15, -0.1) is 0 Å². The monoisotopic (exact) mass is 138 g/mol. The van der Waals surface area contributed by atoms with Crippen LogP contribution in [0.4, 0.5) is 0 Å². The molecule has 0 radical (unpaired) electrons. The minimum Gasteiger partial charge on any atom is -0.371 e. The molecule has 1 saturated heterocycles. The van der Waals surface area contributed by atoms with E-state index in [1.807, 2.05) is 0 Å². The Hall–Kier alpha value is -0.300. The van der Waals surface area contributed by atoms with Gasteiger partial charge in [0.05, 0.1) is 5.60 Å². The summed E-state index contributed by atoms with van der Waals surface area (Å²) < 4.78 is 5.74. The molecule has 0 aromatic carbocycles. The number of allylic oxidation sites excluding steroid dienone is 1. The van der Waals surface area contributed by atoms with E-state index in [2.05, 4.69) is 12.2 Å². The zero-order chi connectivity index (χ0) is 6.86. The van der Waals surface area contributed by atoms with E-state index < -0.39 is 0 Å². The SMILES string of the molecule is C1=CC2(CC1)CCCCO2. The topological polar surface area (TPSA) is 9.23 Å².